The second-order valence-electron chi connectivity index (χ2n) is 6.20. The lowest BCUT2D eigenvalue weighted by Gasteiger charge is -2.23. The molecule has 0 saturated heterocycles. The summed E-state index contributed by atoms with van der Waals surface area (Å²) in [6.07, 6.45) is 3.21. The standard InChI is InChI=1S/C17H27NO/c1-11-8-12(2)17(13(3)9-11)14(4)18-10-15-6-5-7-16(15)19/h8-9,14-16,18-19H,5-7,10H2,1-4H3. The van der Waals surface area contributed by atoms with E-state index in [0.29, 0.717) is 12.0 Å². The van der Waals surface area contributed by atoms with Crippen LogP contribution in [0, 0.1) is 26.7 Å². The fourth-order valence-corrected chi connectivity index (χ4v) is 3.56. The number of aryl methyl sites for hydroxylation is 3. The van der Waals surface area contributed by atoms with Gasteiger partial charge in [0.15, 0.2) is 0 Å². The van der Waals surface area contributed by atoms with E-state index >= 15 is 0 Å². The van der Waals surface area contributed by atoms with Gasteiger partial charge >= 0.3 is 0 Å². The zero-order valence-electron chi connectivity index (χ0n) is 12.7. The van der Waals surface area contributed by atoms with Crippen molar-refractivity contribution >= 4 is 0 Å². The summed E-state index contributed by atoms with van der Waals surface area (Å²) in [5.41, 5.74) is 5.48. The van der Waals surface area contributed by atoms with E-state index in [4.69, 9.17) is 0 Å². The summed E-state index contributed by atoms with van der Waals surface area (Å²) in [5.74, 6) is 0.438. The molecule has 19 heavy (non-hydrogen) atoms. The minimum absolute atomic E-state index is 0.0973. The molecular formula is C17H27NO. The quantitative estimate of drug-likeness (QED) is 0.870. The molecule has 2 nitrogen and oxygen atoms in total. The van der Waals surface area contributed by atoms with E-state index in [1.807, 2.05) is 0 Å². The molecule has 3 atom stereocenters. The van der Waals surface area contributed by atoms with Gasteiger partial charge in [-0.1, -0.05) is 24.1 Å². The first kappa shape index (κ1) is 14.5. The largest absolute Gasteiger partial charge is 0.393 e. The van der Waals surface area contributed by atoms with E-state index in [1.165, 1.54) is 28.7 Å². The van der Waals surface area contributed by atoms with Gasteiger partial charge in [-0.15, -0.1) is 0 Å². The third kappa shape index (κ3) is 3.37. The molecule has 2 heteroatoms. The summed E-state index contributed by atoms with van der Waals surface area (Å²) in [4.78, 5) is 0. The van der Waals surface area contributed by atoms with Gasteiger partial charge in [-0.25, -0.2) is 0 Å². The van der Waals surface area contributed by atoms with Crippen molar-refractivity contribution in [3.8, 4) is 0 Å². The molecule has 1 aromatic rings. The van der Waals surface area contributed by atoms with Crippen molar-refractivity contribution in [1.82, 2.24) is 5.32 Å². The Balaban J connectivity index is 2.02. The maximum atomic E-state index is 9.88. The number of hydrogen-bond acceptors (Lipinski definition) is 2. The summed E-state index contributed by atoms with van der Waals surface area (Å²) in [7, 11) is 0. The number of benzene rings is 1. The molecule has 106 valence electrons. The van der Waals surface area contributed by atoms with E-state index in [2.05, 4.69) is 45.1 Å². The molecule has 2 rings (SSSR count). The topological polar surface area (TPSA) is 32.3 Å². The molecule has 3 unspecified atom stereocenters. The second kappa shape index (κ2) is 6.06. The first-order valence-electron chi connectivity index (χ1n) is 7.48. The summed E-state index contributed by atoms with van der Waals surface area (Å²) in [5, 5.41) is 13.5. The average molecular weight is 261 g/mol. The van der Waals surface area contributed by atoms with Gasteiger partial charge in [-0.05, 0) is 63.1 Å². The number of rotatable bonds is 4. The summed E-state index contributed by atoms with van der Waals surface area (Å²) in [6.45, 7) is 9.69. The zero-order chi connectivity index (χ0) is 14.0. The van der Waals surface area contributed by atoms with Crippen molar-refractivity contribution < 1.29 is 5.11 Å². The second-order valence-corrected chi connectivity index (χ2v) is 6.20. The van der Waals surface area contributed by atoms with E-state index in [-0.39, 0.29) is 6.10 Å². The third-order valence-corrected chi connectivity index (χ3v) is 4.48. The summed E-state index contributed by atoms with van der Waals surface area (Å²) in [6, 6.07) is 4.86. The lowest BCUT2D eigenvalue weighted by molar-refractivity contribution is 0.130. The van der Waals surface area contributed by atoms with Crippen LogP contribution in [0.15, 0.2) is 12.1 Å². The Morgan fingerprint density at radius 3 is 2.37 bits per heavy atom. The predicted octanol–water partition coefficient (Wildman–Crippen LogP) is 3.42. The van der Waals surface area contributed by atoms with E-state index in [9.17, 15) is 5.11 Å². The number of nitrogens with one attached hydrogen (secondary N) is 1. The molecule has 0 amide bonds. The Kier molecular flexibility index (Phi) is 4.64. The Morgan fingerprint density at radius 2 is 1.84 bits per heavy atom. The van der Waals surface area contributed by atoms with E-state index in [1.54, 1.807) is 0 Å². The summed E-state index contributed by atoms with van der Waals surface area (Å²) >= 11 is 0. The maximum absolute atomic E-state index is 9.88. The molecule has 2 N–H and O–H groups in total. The Morgan fingerprint density at radius 1 is 1.21 bits per heavy atom. The molecular weight excluding hydrogens is 234 g/mol. The van der Waals surface area contributed by atoms with Gasteiger partial charge in [0.05, 0.1) is 6.10 Å². The fraction of sp³-hybridized carbons (Fsp3) is 0.647. The van der Waals surface area contributed by atoms with Crippen LogP contribution in [0.25, 0.3) is 0 Å². The minimum atomic E-state index is -0.0973. The van der Waals surface area contributed by atoms with Crippen molar-refractivity contribution in [3.63, 3.8) is 0 Å². The Hall–Kier alpha value is -0.860. The van der Waals surface area contributed by atoms with Gasteiger partial charge in [0.25, 0.3) is 0 Å². The SMILES string of the molecule is Cc1cc(C)c(C(C)NCC2CCCC2O)c(C)c1. The van der Waals surface area contributed by atoms with Crippen LogP contribution in [0.5, 0.6) is 0 Å². The van der Waals surface area contributed by atoms with Crippen LogP contribution >= 0.6 is 0 Å². The molecule has 0 bridgehead atoms. The van der Waals surface area contributed by atoms with E-state index < -0.39 is 0 Å². The lowest BCUT2D eigenvalue weighted by atomic mass is 9.94. The van der Waals surface area contributed by atoms with Crippen LogP contribution in [-0.4, -0.2) is 17.8 Å². The molecule has 0 aromatic heterocycles. The van der Waals surface area contributed by atoms with Crippen molar-refractivity contribution in [3.05, 3.63) is 34.4 Å². The van der Waals surface area contributed by atoms with Gasteiger partial charge in [-0.3, -0.25) is 0 Å². The van der Waals surface area contributed by atoms with Gasteiger partial charge in [0.1, 0.15) is 0 Å². The van der Waals surface area contributed by atoms with Crippen molar-refractivity contribution in [2.45, 2.75) is 59.1 Å². The van der Waals surface area contributed by atoms with Crippen LogP contribution in [0.1, 0.15) is 54.5 Å². The highest BCUT2D eigenvalue weighted by Crippen LogP contribution is 2.27. The Labute approximate surface area is 117 Å². The van der Waals surface area contributed by atoms with Crippen LogP contribution in [0.3, 0.4) is 0 Å². The van der Waals surface area contributed by atoms with Crippen molar-refractivity contribution in [1.29, 1.82) is 0 Å². The third-order valence-electron chi connectivity index (χ3n) is 4.48. The van der Waals surface area contributed by atoms with Gasteiger partial charge < -0.3 is 10.4 Å². The highest BCUT2D eigenvalue weighted by atomic mass is 16.3. The predicted molar refractivity (Wildman–Crippen MR) is 80.4 cm³/mol. The molecule has 1 fully saturated rings. The van der Waals surface area contributed by atoms with Gasteiger partial charge in [-0.2, -0.15) is 0 Å². The van der Waals surface area contributed by atoms with Crippen LogP contribution in [0.4, 0.5) is 0 Å². The van der Waals surface area contributed by atoms with Crippen LogP contribution in [0.2, 0.25) is 0 Å². The van der Waals surface area contributed by atoms with Crippen molar-refractivity contribution in [2.24, 2.45) is 5.92 Å². The molecule has 1 aliphatic carbocycles. The first-order valence-corrected chi connectivity index (χ1v) is 7.48. The van der Waals surface area contributed by atoms with Gasteiger partial charge in [0, 0.05) is 12.6 Å². The minimum Gasteiger partial charge on any atom is -0.393 e. The number of hydrogen-bond donors (Lipinski definition) is 2. The van der Waals surface area contributed by atoms with Crippen molar-refractivity contribution in [2.75, 3.05) is 6.54 Å². The lowest BCUT2D eigenvalue weighted by Crippen LogP contribution is -2.30. The molecule has 1 aromatic carbocycles. The highest BCUT2D eigenvalue weighted by Gasteiger charge is 2.25. The normalized spacial score (nSPS) is 24.7. The number of aliphatic hydroxyl groups is 1. The average Bonchev–Trinajstić information content (AvgIpc) is 2.70. The molecule has 1 aliphatic rings. The first-order chi connectivity index (χ1) is 8.99. The molecule has 0 aliphatic heterocycles. The summed E-state index contributed by atoms with van der Waals surface area (Å²) < 4.78 is 0. The van der Waals surface area contributed by atoms with Crippen LogP contribution < -0.4 is 5.32 Å². The highest BCUT2D eigenvalue weighted by molar-refractivity contribution is 5.39. The zero-order valence-corrected chi connectivity index (χ0v) is 12.7. The van der Waals surface area contributed by atoms with Gasteiger partial charge in [0.2, 0.25) is 0 Å². The molecule has 0 heterocycles. The number of aliphatic hydroxyl groups excluding tert-OH is 1. The fourth-order valence-electron chi connectivity index (χ4n) is 3.56. The van der Waals surface area contributed by atoms with Crippen LogP contribution in [-0.2, 0) is 0 Å². The molecule has 1 saturated carbocycles. The smallest absolute Gasteiger partial charge is 0.0580 e. The molecule has 0 spiro atoms. The molecule has 0 radical (unpaired) electrons. The Bertz CT molecular complexity index is 418. The monoisotopic (exact) mass is 261 g/mol. The van der Waals surface area contributed by atoms with E-state index in [0.717, 1.165) is 19.4 Å². The maximum Gasteiger partial charge on any atom is 0.0580 e.